The normalized spacial score (nSPS) is 11.0. The lowest BCUT2D eigenvalue weighted by Gasteiger charge is -2.08. The topological polar surface area (TPSA) is 67.8 Å². The number of Topliss-reactive ketones (excluding diaryl/α,β-unsaturated/α-hetero) is 1. The second kappa shape index (κ2) is 6.04. The summed E-state index contributed by atoms with van der Waals surface area (Å²) in [4.78, 5) is 23.5. The van der Waals surface area contributed by atoms with Crippen molar-refractivity contribution >= 4 is 17.5 Å². The molecule has 7 heteroatoms. The van der Waals surface area contributed by atoms with Crippen molar-refractivity contribution in [2.24, 2.45) is 0 Å². The number of H-pyrrole nitrogens is 1. The number of nitrogens with zero attached hydrogens (tertiary/aromatic N) is 2. The molecule has 0 aliphatic heterocycles. The lowest BCUT2D eigenvalue weighted by Crippen LogP contribution is -2.19. The smallest absolute Gasteiger partial charge is 0.293 e. The molecule has 5 nitrogen and oxygen atoms in total. The Hall–Kier alpha value is -1.89. The first-order valence-corrected chi connectivity index (χ1v) is 7.06. The number of aromatic nitrogens is 3. The fraction of sp³-hybridized carbons (Fsp3) is 0.308. The maximum atomic E-state index is 12.8. The van der Waals surface area contributed by atoms with E-state index < -0.39 is 0 Å². The Balaban J connectivity index is 2.07. The van der Waals surface area contributed by atoms with Crippen molar-refractivity contribution in [3.63, 3.8) is 0 Å². The molecule has 1 N–H and O–H groups in total. The third-order valence-corrected chi connectivity index (χ3v) is 3.64. The van der Waals surface area contributed by atoms with Crippen LogP contribution in [-0.4, -0.2) is 26.3 Å². The van der Waals surface area contributed by atoms with Crippen molar-refractivity contribution in [1.29, 1.82) is 0 Å². The molecular formula is C13H14FN3O2S. The lowest BCUT2D eigenvalue weighted by atomic mass is 10.1. The third kappa shape index (κ3) is 3.16. The molecule has 0 fully saturated rings. The van der Waals surface area contributed by atoms with Gasteiger partial charge in [0.15, 0.2) is 10.9 Å². The van der Waals surface area contributed by atoms with Crippen molar-refractivity contribution in [2.75, 3.05) is 5.75 Å². The number of carbonyl (C=O) groups is 1. The van der Waals surface area contributed by atoms with Crippen molar-refractivity contribution in [2.45, 2.75) is 25.0 Å². The van der Waals surface area contributed by atoms with E-state index in [0.29, 0.717) is 10.7 Å². The molecule has 2 aromatic rings. The van der Waals surface area contributed by atoms with Gasteiger partial charge in [0.2, 0.25) is 0 Å². The van der Waals surface area contributed by atoms with Gasteiger partial charge in [-0.3, -0.25) is 9.36 Å². The average Bonchev–Trinajstić information content (AvgIpc) is 2.78. The van der Waals surface area contributed by atoms with Crippen LogP contribution in [-0.2, 0) is 0 Å². The predicted octanol–water partition coefficient (Wildman–Crippen LogP) is 2.27. The summed E-state index contributed by atoms with van der Waals surface area (Å²) >= 11 is 1.18. The first kappa shape index (κ1) is 14.5. The van der Waals surface area contributed by atoms with Gasteiger partial charge in [-0.2, -0.15) is 0 Å². The highest BCUT2D eigenvalue weighted by Gasteiger charge is 2.14. The van der Waals surface area contributed by atoms with E-state index in [1.54, 1.807) is 0 Å². The van der Waals surface area contributed by atoms with Crippen molar-refractivity contribution in [3.8, 4) is 0 Å². The molecule has 0 saturated heterocycles. The Labute approximate surface area is 119 Å². The molecule has 1 heterocycles. The highest BCUT2D eigenvalue weighted by Crippen LogP contribution is 2.18. The van der Waals surface area contributed by atoms with Gasteiger partial charge < -0.3 is 0 Å². The van der Waals surface area contributed by atoms with Gasteiger partial charge in [-0.05, 0) is 38.1 Å². The quantitative estimate of drug-likeness (QED) is 0.678. The lowest BCUT2D eigenvalue weighted by molar-refractivity contribution is 0.102. The number of thioether (sulfide) groups is 1. The number of carbonyl (C=O) groups excluding carboxylic acids is 1. The Morgan fingerprint density at radius 2 is 2.05 bits per heavy atom. The largest absolute Gasteiger partial charge is 0.344 e. The van der Waals surface area contributed by atoms with E-state index in [-0.39, 0.29) is 29.1 Å². The maximum Gasteiger partial charge on any atom is 0.344 e. The van der Waals surface area contributed by atoms with Crippen LogP contribution in [0.5, 0.6) is 0 Å². The van der Waals surface area contributed by atoms with Crippen LogP contribution in [0.25, 0.3) is 0 Å². The first-order chi connectivity index (χ1) is 9.49. The number of aromatic amines is 1. The average molecular weight is 295 g/mol. The molecule has 2 rings (SSSR count). The molecule has 0 aliphatic rings. The number of nitrogens with one attached hydrogen (secondary N) is 1. The van der Waals surface area contributed by atoms with Crippen LogP contribution in [0.1, 0.15) is 30.2 Å². The maximum absolute atomic E-state index is 12.8. The molecule has 20 heavy (non-hydrogen) atoms. The van der Waals surface area contributed by atoms with Gasteiger partial charge in [-0.15, -0.1) is 5.10 Å². The molecule has 0 saturated carbocycles. The van der Waals surface area contributed by atoms with Crippen LogP contribution in [0.2, 0.25) is 0 Å². The van der Waals surface area contributed by atoms with Crippen molar-refractivity contribution in [1.82, 2.24) is 14.8 Å². The van der Waals surface area contributed by atoms with E-state index in [1.165, 1.54) is 40.6 Å². The second-order valence-corrected chi connectivity index (χ2v) is 5.44. The molecule has 0 spiro atoms. The van der Waals surface area contributed by atoms with Gasteiger partial charge in [0.05, 0.1) is 5.75 Å². The van der Waals surface area contributed by atoms with Gasteiger partial charge in [0.1, 0.15) is 5.82 Å². The Morgan fingerprint density at radius 3 is 2.65 bits per heavy atom. The fourth-order valence-electron chi connectivity index (χ4n) is 1.70. The Bertz CT molecular complexity index is 661. The number of hydrogen-bond acceptors (Lipinski definition) is 4. The first-order valence-electron chi connectivity index (χ1n) is 6.07. The molecule has 0 bridgehead atoms. The molecule has 0 unspecified atom stereocenters. The van der Waals surface area contributed by atoms with Gasteiger partial charge >= 0.3 is 5.69 Å². The summed E-state index contributed by atoms with van der Waals surface area (Å²) in [7, 11) is 0. The van der Waals surface area contributed by atoms with E-state index in [1.807, 2.05) is 13.8 Å². The Kier molecular flexibility index (Phi) is 4.39. The minimum absolute atomic E-state index is 0.0373. The molecule has 1 aromatic heterocycles. The van der Waals surface area contributed by atoms with Gasteiger partial charge in [-0.1, -0.05) is 11.8 Å². The standard InChI is InChI=1S/C13H14FN3O2S/c1-8(2)17-12(19)15-16-13(17)20-7-11(18)9-3-5-10(14)6-4-9/h3-6,8H,7H2,1-2H3,(H,15,19). The van der Waals surface area contributed by atoms with Gasteiger partial charge in [0, 0.05) is 11.6 Å². The fourth-order valence-corrected chi connectivity index (χ4v) is 2.67. The van der Waals surface area contributed by atoms with E-state index >= 15 is 0 Å². The zero-order chi connectivity index (χ0) is 14.7. The van der Waals surface area contributed by atoms with E-state index in [4.69, 9.17) is 0 Å². The highest BCUT2D eigenvalue weighted by atomic mass is 32.2. The summed E-state index contributed by atoms with van der Waals surface area (Å²) in [6.45, 7) is 3.73. The molecule has 0 atom stereocenters. The second-order valence-electron chi connectivity index (χ2n) is 4.49. The summed E-state index contributed by atoms with van der Waals surface area (Å²) in [5.74, 6) is -0.376. The van der Waals surface area contributed by atoms with Crippen molar-refractivity contribution in [3.05, 3.63) is 46.1 Å². The van der Waals surface area contributed by atoms with Crippen LogP contribution in [0.3, 0.4) is 0 Å². The van der Waals surface area contributed by atoms with Crippen LogP contribution in [0, 0.1) is 5.82 Å². The molecule has 0 radical (unpaired) electrons. The van der Waals surface area contributed by atoms with Gasteiger partial charge in [-0.25, -0.2) is 14.3 Å². The minimum atomic E-state index is -0.379. The Morgan fingerprint density at radius 1 is 1.40 bits per heavy atom. The summed E-state index contributed by atoms with van der Waals surface area (Å²) in [5.41, 5.74) is 0.143. The van der Waals surface area contributed by atoms with Crippen LogP contribution in [0.4, 0.5) is 4.39 Å². The third-order valence-electron chi connectivity index (χ3n) is 2.69. The van der Waals surface area contributed by atoms with E-state index in [0.717, 1.165) is 0 Å². The van der Waals surface area contributed by atoms with Crippen LogP contribution in [0.15, 0.2) is 34.2 Å². The molecule has 1 aromatic carbocycles. The number of benzene rings is 1. The predicted molar refractivity (Wildman–Crippen MR) is 74.7 cm³/mol. The SMILES string of the molecule is CC(C)n1c(SCC(=O)c2ccc(F)cc2)n[nH]c1=O. The van der Waals surface area contributed by atoms with E-state index in [9.17, 15) is 14.0 Å². The zero-order valence-corrected chi connectivity index (χ0v) is 11.9. The molecule has 106 valence electrons. The highest BCUT2D eigenvalue weighted by molar-refractivity contribution is 7.99. The molecule has 0 aliphatic carbocycles. The zero-order valence-electron chi connectivity index (χ0n) is 11.1. The minimum Gasteiger partial charge on any atom is -0.293 e. The number of hydrogen-bond donors (Lipinski definition) is 1. The number of halogens is 1. The molecule has 0 amide bonds. The molecular weight excluding hydrogens is 281 g/mol. The van der Waals surface area contributed by atoms with E-state index in [2.05, 4.69) is 10.2 Å². The van der Waals surface area contributed by atoms with Gasteiger partial charge in [0.25, 0.3) is 0 Å². The summed E-state index contributed by atoms with van der Waals surface area (Å²) < 4.78 is 14.3. The summed E-state index contributed by atoms with van der Waals surface area (Å²) in [5, 5.41) is 6.73. The van der Waals surface area contributed by atoms with Crippen LogP contribution < -0.4 is 5.69 Å². The number of rotatable bonds is 5. The summed E-state index contributed by atoms with van der Waals surface area (Å²) in [6.07, 6.45) is 0. The monoisotopic (exact) mass is 295 g/mol. The van der Waals surface area contributed by atoms with Crippen LogP contribution >= 0.6 is 11.8 Å². The van der Waals surface area contributed by atoms with Crippen molar-refractivity contribution < 1.29 is 9.18 Å². The summed E-state index contributed by atoms with van der Waals surface area (Å²) in [6, 6.07) is 5.34. The number of ketones is 1.